The first kappa shape index (κ1) is 17.3. The second kappa shape index (κ2) is 8.51. The molecule has 0 aliphatic rings. The lowest BCUT2D eigenvalue weighted by atomic mass is 10.2. The highest BCUT2D eigenvalue weighted by Gasteiger charge is 2.11. The number of rotatable bonds is 9. The van der Waals surface area contributed by atoms with Gasteiger partial charge >= 0.3 is 0 Å². The molecule has 0 saturated heterocycles. The van der Waals surface area contributed by atoms with E-state index in [1.165, 1.54) is 5.52 Å². The minimum Gasteiger partial charge on any atom is -0.330 e. The SMILES string of the molecule is CCN(CC)CCCn1c(CCCN)nc2cc(Cl)ccc21. The predicted octanol–water partition coefficient (Wildman–Crippen LogP) is 3.31. The molecular formula is C17H27ClN4. The summed E-state index contributed by atoms with van der Waals surface area (Å²) in [6.45, 7) is 9.46. The summed E-state index contributed by atoms with van der Waals surface area (Å²) < 4.78 is 2.34. The second-order valence-corrected chi connectivity index (χ2v) is 6.02. The summed E-state index contributed by atoms with van der Waals surface area (Å²) in [7, 11) is 0. The van der Waals surface area contributed by atoms with Gasteiger partial charge in [-0.25, -0.2) is 4.98 Å². The standard InChI is InChI=1S/C17H27ClN4/c1-3-21(4-2)11-6-12-22-16-9-8-14(18)13-15(16)20-17(22)7-5-10-19/h8-9,13H,3-7,10-12,19H2,1-2H3. The maximum atomic E-state index is 6.09. The van der Waals surface area contributed by atoms with Crippen LogP contribution >= 0.6 is 11.6 Å². The third-order valence-corrected chi connectivity index (χ3v) is 4.38. The highest BCUT2D eigenvalue weighted by atomic mass is 35.5. The smallest absolute Gasteiger partial charge is 0.109 e. The van der Waals surface area contributed by atoms with E-state index in [0.717, 1.165) is 61.8 Å². The Bertz CT molecular complexity index is 590. The zero-order chi connectivity index (χ0) is 15.9. The molecule has 0 aliphatic heterocycles. The van der Waals surface area contributed by atoms with Crippen molar-refractivity contribution in [2.45, 2.75) is 39.7 Å². The van der Waals surface area contributed by atoms with Crippen molar-refractivity contribution in [3.63, 3.8) is 0 Å². The van der Waals surface area contributed by atoms with Crippen molar-refractivity contribution >= 4 is 22.6 Å². The molecule has 22 heavy (non-hydrogen) atoms. The van der Waals surface area contributed by atoms with Crippen LogP contribution in [-0.2, 0) is 13.0 Å². The van der Waals surface area contributed by atoms with Crippen LogP contribution in [0.5, 0.6) is 0 Å². The van der Waals surface area contributed by atoms with Gasteiger partial charge in [0.2, 0.25) is 0 Å². The maximum Gasteiger partial charge on any atom is 0.109 e. The molecule has 122 valence electrons. The molecule has 0 atom stereocenters. The summed E-state index contributed by atoms with van der Waals surface area (Å²) in [4.78, 5) is 7.21. The van der Waals surface area contributed by atoms with Crippen LogP contribution in [-0.4, -0.2) is 40.6 Å². The topological polar surface area (TPSA) is 47.1 Å². The number of nitrogens with two attached hydrogens (primary N) is 1. The van der Waals surface area contributed by atoms with Gasteiger partial charge in [-0.3, -0.25) is 0 Å². The zero-order valence-electron chi connectivity index (χ0n) is 13.7. The predicted molar refractivity (Wildman–Crippen MR) is 94.5 cm³/mol. The third-order valence-electron chi connectivity index (χ3n) is 4.14. The number of hydrogen-bond acceptors (Lipinski definition) is 3. The van der Waals surface area contributed by atoms with Crippen molar-refractivity contribution in [1.29, 1.82) is 0 Å². The summed E-state index contributed by atoms with van der Waals surface area (Å²) in [5.74, 6) is 1.13. The molecule has 5 heteroatoms. The minimum atomic E-state index is 0.698. The molecule has 0 amide bonds. The van der Waals surface area contributed by atoms with Gasteiger partial charge in [-0.05, 0) is 57.2 Å². The van der Waals surface area contributed by atoms with Gasteiger partial charge in [0.15, 0.2) is 0 Å². The lowest BCUT2D eigenvalue weighted by Gasteiger charge is -2.18. The van der Waals surface area contributed by atoms with Crippen molar-refractivity contribution in [1.82, 2.24) is 14.5 Å². The van der Waals surface area contributed by atoms with Gasteiger partial charge in [0.05, 0.1) is 11.0 Å². The van der Waals surface area contributed by atoms with E-state index in [1.807, 2.05) is 12.1 Å². The van der Waals surface area contributed by atoms with Crippen LogP contribution < -0.4 is 5.73 Å². The molecule has 0 bridgehead atoms. The lowest BCUT2D eigenvalue weighted by molar-refractivity contribution is 0.293. The van der Waals surface area contributed by atoms with Crippen LogP contribution in [0.3, 0.4) is 0 Å². The van der Waals surface area contributed by atoms with E-state index in [9.17, 15) is 0 Å². The van der Waals surface area contributed by atoms with Gasteiger partial charge in [0.25, 0.3) is 0 Å². The summed E-state index contributed by atoms with van der Waals surface area (Å²) >= 11 is 6.09. The minimum absolute atomic E-state index is 0.698. The normalized spacial score (nSPS) is 11.7. The Morgan fingerprint density at radius 2 is 2.00 bits per heavy atom. The summed E-state index contributed by atoms with van der Waals surface area (Å²) in [5, 5.41) is 0.741. The quantitative estimate of drug-likeness (QED) is 0.770. The van der Waals surface area contributed by atoms with E-state index in [4.69, 9.17) is 22.3 Å². The van der Waals surface area contributed by atoms with Gasteiger partial charge in [0.1, 0.15) is 5.82 Å². The highest BCUT2D eigenvalue weighted by Crippen LogP contribution is 2.21. The average Bonchev–Trinajstić information content (AvgIpc) is 2.86. The van der Waals surface area contributed by atoms with E-state index < -0.39 is 0 Å². The van der Waals surface area contributed by atoms with E-state index in [-0.39, 0.29) is 0 Å². The number of aryl methyl sites for hydroxylation is 2. The van der Waals surface area contributed by atoms with Gasteiger partial charge in [0, 0.05) is 18.0 Å². The largest absolute Gasteiger partial charge is 0.330 e. The molecule has 2 N–H and O–H groups in total. The Morgan fingerprint density at radius 1 is 1.23 bits per heavy atom. The number of nitrogens with zero attached hydrogens (tertiary/aromatic N) is 3. The molecule has 2 aromatic rings. The van der Waals surface area contributed by atoms with Gasteiger partial charge in [-0.1, -0.05) is 25.4 Å². The van der Waals surface area contributed by atoms with Crippen LogP contribution in [0.2, 0.25) is 5.02 Å². The van der Waals surface area contributed by atoms with Crippen molar-refractivity contribution < 1.29 is 0 Å². The Kier molecular flexibility index (Phi) is 6.68. The molecule has 0 saturated carbocycles. The molecule has 1 aromatic carbocycles. The zero-order valence-corrected chi connectivity index (χ0v) is 14.4. The van der Waals surface area contributed by atoms with Crippen molar-refractivity contribution in [3.8, 4) is 0 Å². The summed E-state index contributed by atoms with van der Waals surface area (Å²) in [5.41, 5.74) is 7.82. The lowest BCUT2D eigenvalue weighted by Crippen LogP contribution is -2.25. The molecular weight excluding hydrogens is 296 g/mol. The Hall–Kier alpha value is -1.10. The fraction of sp³-hybridized carbons (Fsp3) is 0.588. The Balaban J connectivity index is 2.17. The fourth-order valence-corrected chi connectivity index (χ4v) is 3.01. The van der Waals surface area contributed by atoms with Crippen molar-refractivity contribution in [2.24, 2.45) is 5.73 Å². The fourth-order valence-electron chi connectivity index (χ4n) is 2.85. The van der Waals surface area contributed by atoms with Crippen LogP contribution in [0.25, 0.3) is 11.0 Å². The van der Waals surface area contributed by atoms with Crippen LogP contribution in [0.15, 0.2) is 18.2 Å². The van der Waals surface area contributed by atoms with E-state index in [1.54, 1.807) is 0 Å². The average molecular weight is 323 g/mol. The number of fused-ring (bicyclic) bond motifs is 1. The van der Waals surface area contributed by atoms with Crippen LogP contribution in [0.4, 0.5) is 0 Å². The summed E-state index contributed by atoms with van der Waals surface area (Å²) in [6.07, 6.45) is 3.02. The first-order valence-electron chi connectivity index (χ1n) is 8.26. The Morgan fingerprint density at radius 3 is 2.68 bits per heavy atom. The molecule has 0 spiro atoms. The number of imidazole rings is 1. The van der Waals surface area contributed by atoms with E-state index in [0.29, 0.717) is 6.54 Å². The number of aromatic nitrogens is 2. The number of hydrogen-bond donors (Lipinski definition) is 1. The van der Waals surface area contributed by atoms with Gasteiger partial charge < -0.3 is 15.2 Å². The van der Waals surface area contributed by atoms with E-state index >= 15 is 0 Å². The van der Waals surface area contributed by atoms with Crippen LogP contribution in [0.1, 0.15) is 32.5 Å². The molecule has 0 radical (unpaired) electrons. The van der Waals surface area contributed by atoms with Crippen molar-refractivity contribution in [2.75, 3.05) is 26.2 Å². The molecule has 1 aromatic heterocycles. The first-order valence-corrected chi connectivity index (χ1v) is 8.64. The molecule has 4 nitrogen and oxygen atoms in total. The highest BCUT2D eigenvalue weighted by molar-refractivity contribution is 6.31. The molecule has 0 fully saturated rings. The van der Waals surface area contributed by atoms with Gasteiger partial charge in [-0.2, -0.15) is 0 Å². The number of halogens is 1. The molecule has 2 rings (SSSR count). The molecule has 0 unspecified atom stereocenters. The van der Waals surface area contributed by atoms with Gasteiger partial charge in [-0.15, -0.1) is 0 Å². The van der Waals surface area contributed by atoms with Crippen LogP contribution in [0, 0.1) is 0 Å². The summed E-state index contributed by atoms with van der Waals surface area (Å²) in [6, 6.07) is 5.97. The Labute approximate surface area is 138 Å². The first-order chi connectivity index (χ1) is 10.7. The van der Waals surface area contributed by atoms with E-state index in [2.05, 4.69) is 29.4 Å². The monoisotopic (exact) mass is 322 g/mol. The molecule has 1 heterocycles. The van der Waals surface area contributed by atoms with Crippen molar-refractivity contribution in [3.05, 3.63) is 29.0 Å². The third kappa shape index (κ3) is 4.22. The number of benzene rings is 1. The maximum absolute atomic E-state index is 6.09. The molecule has 0 aliphatic carbocycles. The second-order valence-electron chi connectivity index (χ2n) is 5.59.